The molecule has 2 aromatic rings. The summed E-state index contributed by atoms with van der Waals surface area (Å²) in [7, 11) is 0. The highest BCUT2D eigenvalue weighted by atomic mass is 35.5. The van der Waals surface area contributed by atoms with Crippen LogP contribution in [-0.2, 0) is 9.53 Å². The predicted octanol–water partition coefficient (Wildman–Crippen LogP) is 3.45. The van der Waals surface area contributed by atoms with Crippen molar-refractivity contribution in [3.63, 3.8) is 0 Å². The summed E-state index contributed by atoms with van der Waals surface area (Å²) in [6.45, 7) is 5.93. The van der Waals surface area contributed by atoms with E-state index >= 15 is 0 Å². The molecule has 1 aliphatic heterocycles. The van der Waals surface area contributed by atoms with E-state index in [0.717, 1.165) is 11.1 Å². The van der Waals surface area contributed by atoms with Gasteiger partial charge in [-0.05, 0) is 49.2 Å². The van der Waals surface area contributed by atoms with Crippen LogP contribution in [0.25, 0.3) is 0 Å². The summed E-state index contributed by atoms with van der Waals surface area (Å²) in [5, 5.41) is 3.08. The molecule has 0 bridgehead atoms. The molecule has 1 saturated heterocycles. The third-order valence-corrected chi connectivity index (χ3v) is 5.03. The van der Waals surface area contributed by atoms with Crippen molar-refractivity contribution >= 4 is 29.1 Å². The minimum absolute atomic E-state index is 0.109. The van der Waals surface area contributed by atoms with Crippen molar-refractivity contribution in [3.8, 4) is 5.75 Å². The van der Waals surface area contributed by atoms with Crippen LogP contribution in [0.3, 0.4) is 0 Å². The molecule has 0 saturated carbocycles. The lowest BCUT2D eigenvalue weighted by Crippen LogP contribution is -2.40. The first-order valence-electron chi connectivity index (χ1n) is 9.11. The topological polar surface area (TPSA) is 67.9 Å². The fraction of sp³-hybridized carbons (Fsp3) is 0.333. The zero-order valence-corrected chi connectivity index (χ0v) is 16.7. The lowest BCUT2D eigenvalue weighted by Gasteiger charge is -2.27. The van der Waals surface area contributed by atoms with Crippen LogP contribution in [-0.4, -0.2) is 49.6 Å². The average Bonchev–Trinajstić information content (AvgIpc) is 2.71. The van der Waals surface area contributed by atoms with Gasteiger partial charge in [0.15, 0.2) is 6.61 Å². The summed E-state index contributed by atoms with van der Waals surface area (Å²) in [4.78, 5) is 26.7. The van der Waals surface area contributed by atoms with Crippen LogP contribution in [0.5, 0.6) is 5.75 Å². The van der Waals surface area contributed by atoms with E-state index in [1.54, 1.807) is 23.1 Å². The molecule has 0 aromatic heterocycles. The van der Waals surface area contributed by atoms with Gasteiger partial charge in [-0.15, -0.1) is 0 Å². The van der Waals surface area contributed by atoms with Crippen LogP contribution in [0.4, 0.5) is 5.69 Å². The van der Waals surface area contributed by atoms with Gasteiger partial charge in [0.25, 0.3) is 11.8 Å². The smallest absolute Gasteiger partial charge is 0.262 e. The molecular formula is C21H23ClN2O4. The monoisotopic (exact) mass is 402 g/mol. The molecule has 0 radical (unpaired) electrons. The zero-order chi connectivity index (χ0) is 20.1. The molecule has 1 N–H and O–H groups in total. The number of hydrogen-bond acceptors (Lipinski definition) is 4. The van der Waals surface area contributed by atoms with Gasteiger partial charge in [0.1, 0.15) is 5.75 Å². The van der Waals surface area contributed by atoms with E-state index in [0.29, 0.717) is 48.3 Å². The van der Waals surface area contributed by atoms with Crippen LogP contribution >= 0.6 is 11.6 Å². The van der Waals surface area contributed by atoms with Crippen LogP contribution in [0, 0.1) is 13.8 Å². The molecule has 1 fully saturated rings. The van der Waals surface area contributed by atoms with Gasteiger partial charge in [-0.2, -0.15) is 0 Å². The molecular weight excluding hydrogens is 380 g/mol. The molecule has 0 unspecified atom stereocenters. The van der Waals surface area contributed by atoms with E-state index in [2.05, 4.69) is 5.32 Å². The van der Waals surface area contributed by atoms with E-state index in [4.69, 9.17) is 21.1 Å². The molecule has 1 heterocycles. The highest BCUT2D eigenvalue weighted by molar-refractivity contribution is 6.33. The molecule has 0 aliphatic carbocycles. The summed E-state index contributed by atoms with van der Waals surface area (Å²) in [6, 6.07) is 10.5. The second-order valence-corrected chi connectivity index (χ2v) is 7.04. The number of amides is 2. The van der Waals surface area contributed by atoms with Crippen molar-refractivity contribution in [2.45, 2.75) is 13.8 Å². The summed E-state index contributed by atoms with van der Waals surface area (Å²) in [6.07, 6.45) is 0. The second kappa shape index (κ2) is 9.08. The molecule has 7 heteroatoms. The Balaban J connectivity index is 1.65. The normalized spacial score (nSPS) is 13.9. The molecule has 148 valence electrons. The number of benzene rings is 2. The number of halogens is 1. The van der Waals surface area contributed by atoms with Crippen molar-refractivity contribution < 1.29 is 19.1 Å². The summed E-state index contributed by atoms with van der Waals surface area (Å²) in [5.74, 6) is 0.207. The van der Waals surface area contributed by atoms with E-state index in [1.165, 1.54) is 0 Å². The Hall–Kier alpha value is -2.57. The third-order valence-electron chi connectivity index (χ3n) is 4.70. The predicted molar refractivity (Wildman–Crippen MR) is 108 cm³/mol. The molecule has 2 amide bonds. The van der Waals surface area contributed by atoms with Crippen molar-refractivity contribution in [1.82, 2.24) is 4.90 Å². The number of morpholine rings is 1. The Morgan fingerprint density at radius 1 is 1.18 bits per heavy atom. The molecule has 0 spiro atoms. The standard InChI is InChI=1S/C21H23ClN2O4/c1-14-4-3-5-19(15(14)2)28-13-20(25)23-18-12-16(6-7-17(18)22)21(26)24-8-10-27-11-9-24/h3-7,12H,8-11,13H2,1-2H3,(H,23,25). The number of anilines is 1. The van der Waals surface area contributed by atoms with Gasteiger partial charge in [0, 0.05) is 18.7 Å². The highest BCUT2D eigenvalue weighted by Crippen LogP contribution is 2.25. The summed E-state index contributed by atoms with van der Waals surface area (Å²) < 4.78 is 10.9. The maximum atomic E-state index is 12.6. The number of ether oxygens (including phenoxy) is 2. The molecule has 28 heavy (non-hydrogen) atoms. The number of rotatable bonds is 5. The van der Waals surface area contributed by atoms with Crippen molar-refractivity contribution in [2.24, 2.45) is 0 Å². The molecule has 0 atom stereocenters. The quantitative estimate of drug-likeness (QED) is 0.831. The fourth-order valence-electron chi connectivity index (χ4n) is 2.91. The molecule has 1 aliphatic rings. The maximum Gasteiger partial charge on any atom is 0.262 e. The SMILES string of the molecule is Cc1cccc(OCC(=O)Nc2cc(C(=O)N3CCOCC3)ccc2Cl)c1C. The summed E-state index contributed by atoms with van der Waals surface area (Å²) in [5.41, 5.74) is 2.94. The lowest BCUT2D eigenvalue weighted by atomic mass is 10.1. The van der Waals surface area contributed by atoms with Crippen LogP contribution in [0.2, 0.25) is 5.02 Å². The van der Waals surface area contributed by atoms with Crippen molar-refractivity contribution in [3.05, 3.63) is 58.1 Å². The molecule has 3 rings (SSSR count). The Kier molecular flexibility index (Phi) is 6.54. The molecule has 2 aromatic carbocycles. The number of carbonyl (C=O) groups excluding carboxylic acids is 2. The van der Waals surface area contributed by atoms with Crippen LogP contribution in [0.15, 0.2) is 36.4 Å². The van der Waals surface area contributed by atoms with Gasteiger partial charge >= 0.3 is 0 Å². The first kappa shape index (κ1) is 20.2. The Morgan fingerprint density at radius 2 is 1.93 bits per heavy atom. The Bertz CT molecular complexity index is 879. The maximum absolute atomic E-state index is 12.6. The van der Waals surface area contributed by atoms with Crippen molar-refractivity contribution in [2.75, 3.05) is 38.2 Å². The Labute approximate surface area is 169 Å². The van der Waals surface area contributed by atoms with E-state index in [9.17, 15) is 9.59 Å². The lowest BCUT2D eigenvalue weighted by molar-refractivity contribution is -0.118. The van der Waals surface area contributed by atoms with Gasteiger partial charge < -0.3 is 19.7 Å². The minimum atomic E-state index is -0.348. The molecule has 6 nitrogen and oxygen atoms in total. The van der Waals surface area contributed by atoms with E-state index < -0.39 is 0 Å². The van der Waals surface area contributed by atoms with Crippen LogP contribution in [0.1, 0.15) is 21.5 Å². The third kappa shape index (κ3) is 4.82. The van der Waals surface area contributed by atoms with Gasteiger partial charge in [-0.1, -0.05) is 23.7 Å². The van der Waals surface area contributed by atoms with Gasteiger partial charge in [0.2, 0.25) is 0 Å². The van der Waals surface area contributed by atoms with Crippen molar-refractivity contribution in [1.29, 1.82) is 0 Å². The minimum Gasteiger partial charge on any atom is -0.483 e. The second-order valence-electron chi connectivity index (χ2n) is 6.63. The van der Waals surface area contributed by atoms with Gasteiger partial charge in [0.05, 0.1) is 23.9 Å². The number of carbonyl (C=O) groups is 2. The number of aryl methyl sites for hydroxylation is 1. The van der Waals surface area contributed by atoms with E-state index in [-0.39, 0.29) is 18.4 Å². The first-order chi connectivity index (χ1) is 13.5. The zero-order valence-electron chi connectivity index (χ0n) is 16.0. The fourth-order valence-corrected chi connectivity index (χ4v) is 3.08. The number of nitrogens with one attached hydrogen (secondary N) is 1. The van der Waals surface area contributed by atoms with Gasteiger partial charge in [-0.25, -0.2) is 0 Å². The Morgan fingerprint density at radius 3 is 2.68 bits per heavy atom. The summed E-state index contributed by atoms with van der Waals surface area (Å²) >= 11 is 6.19. The van der Waals surface area contributed by atoms with Crippen LogP contribution < -0.4 is 10.1 Å². The van der Waals surface area contributed by atoms with Gasteiger partial charge in [-0.3, -0.25) is 9.59 Å². The average molecular weight is 403 g/mol. The number of nitrogens with zero attached hydrogens (tertiary/aromatic N) is 1. The highest BCUT2D eigenvalue weighted by Gasteiger charge is 2.20. The van der Waals surface area contributed by atoms with E-state index in [1.807, 2.05) is 32.0 Å². The number of hydrogen-bond donors (Lipinski definition) is 1. The largest absolute Gasteiger partial charge is 0.483 e. The first-order valence-corrected chi connectivity index (χ1v) is 9.49.